The highest BCUT2D eigenvalue weighted by Crippen LogP contribution is 2.67. The van der Waals surface area contributed by atoms with E-state index in [-0.39, 0.29) is 95.3 Å². The fourth-order valence-corrected chi connectivity index (χ4v) is 15.2. The van der Waals surface area contributed by atoms with Crippen molar-refractivity contribution in [2.24, 2.45) is 52.3 Å². The van der Waals surface area contributed by atoms with Crippen molar-refractivity contribution in [1.29, 1.82) is 5.26 Å². The Morgan fingerprint density at radius 2 is 1.17 bits per heavy atom. The Morgan fingerprint density at radius 1 is 0.702 bits per heavy atom. The third-order valence-electron chi connectivity index (χ3n) is 20.2. The lowest BCUT2D eigenvalue weighted by molar-refractivity contribution is -0.199. The lowest BCUT2D eigenvalue weighted by Crippen LogP contribution is -2.65. The van der Waals surface area contributed by atoms with Crippen LogP contribution in [-0.4, -0.2) is 109 Å². The standard InChI is InChI=1S/C32H45BN4O4.C26H39BN2O3.C7H9NO2.CH4/c1-21(2)16-25(34-6)29(38)37-15-11-10-14-24(37)20-35-30(39)36-28(17-22-12-8-7-9-13-22)33-40-27-19-23-18-26(31(23,3)4)32(27,5)41-33;1-25(2)20-15-21(25)26(3)22(16-20)31-27(32-26)23(14-18-10-6-4-7-11-18)29-24(30)28-17-19-12-8-5-9-13-19;1-5(2)3-6(4-8)7(9)10;/h7-9,12-13,16,21,23-24,26-28H,10-11,14-15,17-20H2,1-5H3,(H2,35,36,39);4,6-7,10-11,19-23H,5,8-9,12-17H2,1-3H3,(H2,28,29,30);3,5H,1-2H3,(H,9,10);1H4/t23-,24-,26-,27+,28-,32-;20-,21-,22+,23-,26-;;/m00../s1. The van der Waals surface area contributed by atoms with E-state index in [9.17, 15) is 19.2 Å². The van der Waals surface area contributed by atoms with Crippen LogP contribution in [0.15, 0.2) is 84.1 Å². The number of nitrogens with zero attached hydrogens (tertiary/aromatic N) is 3. The maximum atomic E-state index is 13.3. The summed E-state index contributed by atoms with van der Waals surface area (Å²) in [5.74, 6) is 1.16. The van der Waals surface area contributed by atoms with Crippen LogP contribution in [0.3, 0.4) is 0 Å². The van der Waals surface area contributed by atoms with Crippen molar-refractivity contribution < 1.29 is 42.9 Å². The molecule has 3 heterocycles. The number of carbonyl (C=O) groups is 4. The number of hydrogen-bond donors (Lipinski definition) is 5. The zero-order chi connectivity index (χ0) is 59.9. The van der Waals surface area contributed by atoms with Gasteiger partial charge in [0.2, 0.25) is 5.70 Å². The number of benzene rings is 2. The summed E-state index contributed by atoms with van der Waals surface area (Å²) in [7, 11) is -0.956. The first-order valence-electron chi connectivity index (χ1n) is 31.0. The fourth-order valence-electron chi connectivity index (χ4n) is 15.2. The summed E-state index contributed by atoms with van der Waals surface area (Å²) in [5.41, 5.74) is 2.18. The molecular weight excluding hydrogens is 1060 g/mol. The minimum atomic E-state index is -1.16. The molecule has 0 radical (unpaired) electrons. The maximum Gasteiger partial charge on any atom is 0.482 e. The summed E-state index contributed by atoms with van der Waals surface area (Å²) in [6, 6.07) is 21.5. The molecule has 5 N–H and O–H groups in total. The highest BCUT2D eigenvalue weighted by molar-refractivity contribution is 6.48. The number of carboxylic acids is 1. The van der Waals surface area contributed by atoms with Crippen molar-refractivity contribution >= 4 is 38.2 Å². The topological polar surface area (TPSA) is 205 Å². The second-order valence-corrected chi connectivity index (χ2v) is 27.3. The predicted octanol–water partition coefficient (Wildman–Crippen LogP) is 11.6. The number of urea groups is 2. The number of aliphatic carboxylic acids is 1. The monoisotopic (exact) mass is 1150 g/mol. The van der Waals surface area contributed by atoms with Crippen LogP contribution in [0.25, 0.3) is 4.85 Å². The van der Waals surface area contributed by atoms with E-state index in [0.29, 0.717) is 60.9 Å². The molecular formula is C66H97B2N7O9. The van der Waals surface area contributed by atoms with Gasteiger partial charge in [0.1, 0.15) is 11.6 Å². The van der Waals surface area contributed by atoms with Gasteiger partial charge in [0.05, 0.1) is 41.9 Å². The van der Waals surface area contributed by atoms with Gasteiger partial charge >= 0.3 is 32.3 Å². The van der Waals surface area contributed by atoms with Gasteiger partial charge < -0.3 is 49.9 Å². The van der Waals surface area contributed by atoms with Crippen molar-refractivity contribution in [2.45, 2.75) is 208 Å². The van der Waals surface area contributed by atoms with E-state index < -0.39 is 20.2 Å². The van der Waals surface area contributed by atoms with Crippen LogP contribution in [0.1, 0.15) is 165 Å². The molecule has 456 valence electrons. The van der Waals surface area contributed by atoms with Gasteiger partial charge in [-0.3, -0.25) is 4.79 Å². The SMILES string of the molecule is C.CC(C)C=C(C#N)C(=O)O.CC1(C)[C@@H]2C[C@H]3OB([C@H](Cc4ccccc4)NC(=O)NCC4CCCCC4)O[C@@]3(C)[C@H]1C2.[C-]#[N+]C(=CC(C)C)C(=O)N1CCCC[C@H]1CNC(=O)N[C@@H](Cc1ccccc1)B1O[C@@H]2C[C@@H]3C[C@@H](C3(C)C)[C@]2(C)O1. The number of hydrogen-bond acceptors (Lipinski definition) is 9. The Kier molecular flexibility index (Phi) is 22.2. The smallest absolute Gasteiger partial charge is 0.477 e. The van der Waals surface area contributed by atoms with E-state index in [1.165, 1.54) is 56.6 Å². The number of carboxylic acid groups (broad SMARTS) is 1. The summed E-state index contributed by atoms with van der Waals surface area (Å²) in [5, 5.41) is 29.1. The lowest BCUT2D eigenvalue weighted by Gasteiger charge is -2.64. The number of rotatable bonds is 16. The molecule has 0 spiro atoms. The highest BCUT2D eigenvalue weighted by atomic mass is 16.7. The molecule has 7 saturated carbocycles. The molecule has 12 rings (SSSR count). The first-order chi connectivity index (χ1) is 39.5. The molecule has 11 atom stereocenters. The maximum absolute atomic E-state index is 13.3. The fraction of sp³-hybridized carbons (Fsp3) is 0.667. The van der Waals surface area contributed by atoms with E-state index in [0.717, 1.165) is 44.2 Å². The van der Waals surface area contributed by atoms with Crippen LogP contribution >= 0.6 is 0 Å². The van der Waals surface area contributed by atoms with Crippen molar-refractivity contribution in [3.63, 3.8) is 0 Å². The molecule has 3 aliphatic heterocycles. The lowest BCUT2D eigenvalue weighted by atomic mass is 9.43. The van der Waals surface area contributed by atoms with Crippen LogP contribution in [0.2, 0.25) is 0 Å². The molecule has 10 fully saturated rings. The van der Waals surface area contributed by atoms with Crippen molar-refractivity contribution in [2.75, 3.05) is 19.6 Å². The Bertz CT molecular complexity index is 2730. The number of nitrogens with one attached hydrogen (secondary N) is 4. The van der Waals surface area contributed by atoms with Gasteiger partial charge in [0.25, 0.3) is 5.91 Å². The zero-order valence-corrected chi connectivity index (χ0v) is 51.1. The van der Waals surface area contributed by atoms with E-state index in [4.69, 9.17) is 35.6 Å². The number of allylic oxidation sites excluding steroid dienone is 2. The number of carbonyl (C=O) groups excluding carboxylic acids is 3. The van der Waals surface area contributed by atoms with Crippen molar-refractivity contribution in [1.82, 2.24) is 26.2 Å². The molecule has 0 aromatic heterocycles. The molecule has 16 nitrogen and oxygen atoms in total. The Morgan fingerprint density at radius 3 is 1.58 bits per heavy atom. The van der Waals surface area contributed by atoms with E-state index >= 15 is 0 Å². The summed E-state index contributed by atoms with van der Waals surface area (Å²) >= 11 is 0. The summed E-state index contributed by atoms with van der Waals surface area (Å²) in [6.45, 7) is 30.6. The second kappa shape index (κ2) is 28.2. The first kappa shape index (κ1) is 65.9. The van der Waals surface area contributed by atoms with Gasteiger partial charge in [-0.05, 0) is 148 Å². The third kappa shape index (κ3) is 15.1. The van der Waals surface area contributed by atoms with Crippen LogP contribution in [0, 0.1) is 70.2 Å². The normalized spacial score (nSPS) is 29.6. The van der Waals surface area contributed by atoms with Crippen LogP contribution < -0.4 is 21.3 Å². The van der Waals surface area contributed by atoms with Gasteiger partial charge in [-0.1, -0.05) is 155 Å². The Hall–Kier alpha value is -5.65. The average Bonchev–Trinajstić information content (AvgIpc) is 1.36. The molecule has 10 aliphatic rings. The summed E-state index contributed by atoms with van der Waals surface area (Å²) in [6.07, 6.45) is 18.0. The summed E-state index contributed by atoms with van der Waals surface area (Å²) in [4.78, 5) is 54.8. The largest absolute Gasteiger partial charge is 0.482 e. The van der Waals surface area contributed by atoms with Crippen LogP contribution in [0.4, 0.5) is 9.59 Å². The number of likely N-dealkylation sites (tertiary alicyclic amines) is 1. The number of amides is 5. The van der Waals surface area contributed by atoms with Crippen LogP contribution in [-0.2, 0) is 41.0 Å². The quantitative estimate of drug-likeness (QED) is 0.0465. The summed E-state index contributed by atoms with van der Waals surface area (Å²) < 4.78 is 26.5. The number of nitriles is 1. The molecule has 5 amide bonds. The van der Waals surface area contributed by atoms with Gasteiger partial charge in [-0.2, -0.15) is 5.26 Å². The van der Waals surface area contributed by atoms with Crippen molar-refractivity contribution in [3.8, 4) is 6.07 Å². The molecule has 0 unspecified atom stereocenters. The Balaban J connectivity index is 0.000000209. The zero-order valence-electron chi connectivity index (χ0n) is 51.1. The Labute approximate surface area is 502 Å². The number of piperidine rings is 1. The highest BCUT2D eigenvalue weighted by Gasteiger charge is 2.70. The van der Waals surface area contributed by atoms with Gasteiger partial charge in [-0.15, -0.1) is 0 Å². The van der Waals surface area contributed by atoms with Gasteiger partial charge in [0, 0.05) is 25.7 Å². The van der Waals surface area contributed by atoms with E-state index in [2.05, 4.69) is 91.9 Å². The molecule has 2 aromatic rings. The molecule has 4 bridgehead atoms. The minimum absolute atomic E-state index is 0. The van der Waals surface area contributed by atoms with E-state index in [1.54, 1.807) is 17.0 Å². The minimum Gasteiger partial charge on any atom is -0.477 e. The van der Waals surface area contributed by atoms with E-state index in [1.807, 2.05) is 64.1 Å². The van der Waals surface area contributed by atoms with Gasteiger partial charge in [0.15, 0.2) is 0 Å². The molecule has 2 aromatic carbocycles. The van der Waals surface area contributed by atoms with Gasteiger partial charge in [-0.25, -0.2) is 19.2 Å². The second-order valence-electron chi connectivity index (χ2n) is 27.3. The molecule has 3 saturated heterocycles. The molecule has 7 aliphatic carbocycles. The predicted molar refractivity (Wildman–Crippen MR) is 330 cm³/mol. The van der Waals surface area contributed by atoms with Crippen molar-refractivity contribution in [3.05, 3.63) is 107 Å². The first-order valence-corrected chi connectivity index (χ1v) is 31.0. The molecule has 84 heavy (non-hydrogen) atoms. The third-order valence-corrected chi connectivity index (χ3v) is 20.2. The average molecular weight is 1150 g/mol. The van der Waals surface area contributed by atoms with Crippen LogP contribution in [0.5, 0.6) is 0 Å². The molecule has 18 heteroatoms.